The molecule has 1 heterocycles. The molecule has 2 aliphatic rings. The van der Waals surface area contributed by atoms with E-state index in [1.54, 1.807) is 5.57 Å². The summed E-state index contributed by atoms with van der Waals surface area (Å²) in [6.07, 6.45) is 6.05. The highest BCUT2D eigenvalue weighted by Crippen LogP contribution is 2.45. The van der Waals surface area contributed by atoms with Crippen molar-refractivity contribution in [3.8, 4) is 0 Å². The van der Waals surface area contributed by atoms with Gasteiger partial charge in [-0.15, -0.1) is 0 Å². The smallest absolute Gasteiger partial charge is 0.0461 e. The molecule has 96 valence electrons. The molecule has 3 rings (SSSR count). The van der Waals surface area contributed by atoms with E-state index in [-0.39, 0.29) is 0 Å². The molecule has 0 saturated carbocycles. The SMILES string of the molecule is CSN1CC2C=C(c3ccccc3C(C)C)C1C2. The highest BCUT2D eigenvalue weighted by Gasteiger charge is 2.39. The third-order valence-corrected chi connectivity index (χ3v) is 5.06. The van der Waals surface area contributed by atoms with Gasteiger partial charge in [0.25, 0.3) is 0 Å². The number of fused-ring (bicyclic) bond motifs is 2. The molecule has 2 atom stereocenters. The molecule has 2 unspecified atom stereocenters. The Kier molecular flexibility index (Phi) is 3.25. The van der Waals surface area contributed by atoms with Crippen LogP contribution in [0.4, 0.5) is 0 Å². The summed E-state index contributed by atoms with van der Waals surface area (Å²) >= 11 is 1.90. The van der Waals surface area contributed by atoms with Crippen molar-refractivity contribution in [2.75, 3.05) is 12.8 Å². The van der Waals surface area contributed by atoms with E-state index >= 15 is 0 Å². The van der Waals surface area contributed by atoms with Crippen molar-refractivity contribution < 1.29 is 0 Å². The zero-order valence-electron chi connectivity index (χ0n) is 11.4. The molecule has 1 fully saturated rings. The molecule has 0 aromatic heterocycles. The zero-order valence-corrected chi connectivity index (χ0v) is 12.2. The highest BCUT2D eigenvalue weighted by molar-refractivity contribution is 7.96. The van der Waals surface area contributed by atoms with Crippen LogP contribution in [0, 0.1) is 5.92 Å². The zero-order chi connectivity index (χ0) is 12.7. The monoisotopic (exact) mass is 259 g/mol. The molecular formula is C16H21NS. The molecule has 1 saturated heterocycles. The van der Waals surface area contributed by atoms with E-state index in [0.717, 1.165) is 5.92 Å². The summed E-state index contributed by atoms with van der Waals surface area (Å²) < 4.78 is 2.55. The fraction of sp³-hybridized carbons (Fsp3) is 0.500. The first-order valence-corrected chi connectivity index (χ1v) is 8.00. The van der Waals surface area contributed by atoms with Gasteiger partial charge < -0.3 is 0 Å². The summed E-state index contributed by atoms with van der Waals surface area (Å²) in [6.45, 7) is 5.82. The van der Waals surface area contributed by atoms with Gasteiger partial charge in [0.2, 0.25) is 0 Å². The molecule has 0 amide bonds. The third-order valence-electron chi connectivity index (χ3n) is 4.19. The summed E-state index contributed by atoms with van der Waals surface area (Å²) in [5.41, 5.74) is 4.56. The normalized spacial score (nSPS) is 27.0. The van der Waals surface area contributed by atoms with Crippen molar-refractivity contribution >= 4 is 17.5 Å². The average Bonchev–Trinajstić information content (AvgIpc) is 2.97. The van der Waals surface area contributed by atoms with Crippen LogP contribution in [0.2, 0.25) is 0 Å². The minimum atomic E-state index is 0.601. The summed E-state index contributed by atoms with van der Waals surface area (Å²) in [7, 11) is 0. The lowest BCUT2D eigenvalue weighted by molar-refractivity contribution is 0.501. The number of benzene rings is 1. The third kappa shape index (κ3) is 1.92. The molecule has 1 aromatic rings. The summed E-state index contributed by atoms with van der Waals surface area (Å²) in [5, 5.41) is 0. The van der Waals surface area contributed by atoms with Gasteiger partial charge in [-0.2, -0.15) is 0 Å². The minimum Gasteiger partial charge on any atom is -0.243 e. The Bertz CT molecular complexity index is 478. The largest absolute Gasteiger partial charge is 0.243 e. The van der Waals surface area contributed by atoms with Crippen molar-refractivity contribution in [3.05, 3.63) is 41.5 Å². The Balaban J connectivity index is 2.00. The van der Waals surface area contributed by atoms with Gasteiger partial charge in [-0.3, -0.25) is 0 Å². The average molecular weight is 259 g/mol. The first kappa shape index (κ1) is 12.3. The van der Waals surface area contributed by atoms with E-state index < -0.39 is 0 Å². The lowest BCUT2D eigenvalue weighted by Gasteiger charge is -2.27. The lowest BCUT2D eigenvalue weighted by atomic mass is 9.90. The van der Waals surface area contributed by atoms with Crippen molar-refractivity contribution in [1.82, 2.24) is 4.31 Å². The minimum absolute atomic E-state index is 0.601. The Morgan fingerprint density at radius 3 is 2.72 bits per heavy atom. The van der Waals surface area contributed by atoms with Gasteiger partial charge in [0, 0.05) is 12.6 Å². The van der Waals surface area contributed by atoms with Crippen LogP contribution in [-0.4, -0.2) is 23.1 Å². The second-order valence-electron chi connectivity index (χ2n) is 5.66. The van der Waals surface area contributed by atoms with Crippen LogP contribution in [0.25, 0.3) is 5.57 Å². The van der Waals surface area contributed by atoms with Crippen LogP contribution in [0.1, 0.15) is 37.3 Å². The molecule has 2 heteroatoms. The Hall–Kier alpha value is -0.730. The van der Waals surface area contributed by atoms with E-state index in [0.29, 0.717) is 12.0 Å². The van der Waals surface area contributed by atoms with Crippen LogP contribution < -0.4 is 0 Å². The number of hydrogen-bond donors (Lipinski definition) is 0. The Morgan fingerprint density at radius 1 is 1.28 bits per heavy atom. The van der Waals surface area contributed by atoms with Crippen LogP contribution >= 0.6 is 11.9 Å². The van der Waals surface area contributed by atoms with E-state index in [2.05, 4.69) is 54.7 Å². The van der Waals surface area contributed by atoms with E-state index in [4.69, 9.17) is 0 Å². The van der Waals surface area contributed by atoms with Gasteiger partial charge in [-0.05, 0) is 41.2 Å². The topological polar surface area (TPSA) is 3.24 Å². The second kappa shape index (κ2) is 4.75. The summed E-state index contributed by atoms with van der Waals surface area (Å²) in [6, 6.07) is 9.58. The molecule has 1 aliphatic heterocycles. The quantitative estimate of drug-likeness (QED) is 0.749. The standard InChI is InChI=1S/C16H21NS/c1-11(2)13-6-4-5-7-14(13)15-8-12-9-16(15)17(10-12)18-3/h4-8,11-12,16H,9-10H2,1-3H3. The van der Waals surface area contributed by atoms with Gasteiger partial charge >= 0.3 is 0 Å². The second-order valence-corrected chi connectivity index (χ2v) is 6.49. The van der Waals surface area contributed by atoms with E-state index in [1.165, 1.54) is 24.1 Å². The molecule has 1 nitrogen and oxygen atoms in total. The van der Waals surface area contributed by atoms with Crippen molar-refractivity contribution in [2.24, 2.45) is 5.92 Å². The molecule has 0 spiro atoms. The van der Waals surface area contributed by atoms with Gasteiger partial charge in [-0.25, -0.2) is 4.31 Å². The summed E-state index contributed by atoms with van der Waals surface area (Å²) in [5.74, 6) is 1.38. The molecular weight excluding hydrogens is 238 g/mol. The fourth-order valence-corrected chi connectivity index (χ4v) is 4.13. The van der Waals surface area contributed by atoms with Crippen molar-refractivity contribution in [1.29, 1.82) is 0 Å². The molecule has 1 aromatic carbocycles. The maximum Gasteiger partial charge on any atom is 0.0461 e. The maximum atomic E-state index is 2.55. The maximum absolute atomic E-state index is 2.55. The molecule has 2 bridgehead atoms. The number of rotatable bonds is 3. The van der Waals surface area contributed by atoms with Crippen molar-refractivity contribution in [3.63, 3.8) is 0 Å². The van der Waals surface area contributed by atoms with Crippen molar-refractivity contribution in [2.45, 2.75) is 32.2 Å². The predicted molar refractivity (Wildman–Crippen MR) is 80.6 cm³/mol. The Morgan fingerprint density at radius 2 is 2.06 bits per heavy atom. The van der Waals surface area contributed by atoms with Gasteiger partial charge in [0.15, 0.2) is 0 Å². The van der Waals surface area contributed by atoms with Crippen LogP contribution in [-0.2, 0) is 0 Å². The predicted octanol–water partition coefficient (Wildman–Crippen LogP) is 4.18. The van der Waals surface area contributed by atoms with Crippen LogP contribution in [0.5, 0.6) is 0 Å². The van der Waals surface area contributed by atoms with E-state index in [9.17, 15) is 0 Å². The fourth-order valence-electron chi connectivity index (χ4n) is 3.34. The van der Waals surface area contributed by atoms with Crippen LogP contribution in [0.15, 0.2) is 30.3 Å². The first-order valence-electron chi connectivity index (χ1n) is 6.82. The Labute approximate surface area is 114 Å². The number of hydrogen-bond acceptors (Lipinski definition) is 2. The van der Waals surface area contributed by atoms with Crippen LogP contribution in [0.3, 0.4) is 0 Å². The molecule has 0 N–H and O–H groups in total. The molecule has 18 heavy (non-hydrogen) atoms. The van der Waals surface area contributed by atoms with Gasteiger partial charge in [-0.1, -0.05) is 56.1 Å². The molecule has 1 aliphatic carbocycles. The van der Waals surface area contributed by atoms with E-state index in [1.807, 2.05) is 11.9 Å². The van der Waals surface area contributed by atoms with Gasteiger partial charge in [0.1, 0.15) is 0 Å². The summed E-state index contributed by atoms with van der Waals surface area (Å²) in [4.78, 5) is 0. The van der Waals surface area contributed by atoms with Gasteiger partial charge in [0.05, 0.1) is 0 Å². The first-order chi connectivity index (χ1) is 8.70. The lowest BCUT2D eigenvalue weighted by Crippen LogP contribution is -2.26. The number of nitrogens with zero attached hydrogens (tertiary/aromatic N) is 1. The highest BCUT2D eigenvalue weighted by atomic mass is 32.2. The molecule has 0 radical (unpaired) electrons.